The second kappa shape index (κ2) is 6.14. The number of fused-ring (bicyclic) bond motifs is 1. The maximum absolute atomic E-state index is 13.1. The zero-order chi connectivity index (χ0) is 14.7. The van der Waals surface area contributed by atoms with Gasteiger partial charge in [0, 0.05) is 0 Å². The highest BCUT2D eigenvalue weighted by molar-refractivity contribution is 5.47. The van der Waals surface area contributed by atoms with Gasteiger partial charge in [0.2, 0.25) is 6.79 Å². The summed E-state index contributed by atoms with van der Waals surface area (Å²) >= 11 is 0. The van der Waals surface area contributed by atoms with Gasteiger partial charge in [-0.05, 0) is 48.4 Å². The van der Waals surface area contributed by atoms with Crippen molar-refractivity contribution in [3.63, 3.8) is 0 Å². The molecule has 0 aromatic heterocycles. The van der Waals surface area contributed by atoms with Crippen LogP contribution < -0.4 is 14.8 Å². The van der Waals surface area contributed by atoms with Gasteiger partial charge in [0.05, 0.1) is 6.04 Å². The van der Waals surface area contributed by atoms with Crippen molar-refractivity contribution in [1.29, 1.82) is 0 Å². The highest BCUT2D eigenvalue weighted by Crippen LogP contribution is 2.35. The number of rotatable bonds is 5. The van der Waals surface area contributed by atoms with Crippen LogP contribution in [0.3, 0.4) is 0 Å². The standard InChI is InChI=1S/C17H18FNO2/c1-2-9-19-17(12-3-6-14(18)7-4-12)13-5-8-15-16(10-13)21-11-20-15/h3-8,10,17,19H,2,9,11H2,1H3. The van der Waals surface area contributed by atoms with Crippen LogP contribution >= 0.6 is 0 Å². The number of hydrogen-bond donors (Lipinski definition) is 1. The Hall–Kier alpha value is -2.07. The van der Waals surface area contributed by atoms with Crippen LogP contribution in [0.2, 0.25) is 0 Å². The van der Waals surface area contributed by atoms with E-state index in [9.17, 15) is 4.39 Å². The Labute approximate surface area is 123 Å². The summed E-state index contributed by atoms with van der Waals surface area (Å²) in [5.74, 6) is 1.31. The van der Waals surface area contributed by atoms with Crippen molar-refractivity contribution in [2.24, 2.45) is 0 Å². The highest BCUT2D eigenvalue weighted by Gasteiger charge is 2.19. The summed E-state index contributed by atoms with van der Waals surface area (Å²) < 4.78 is 23.9. The van der Waals surface area contributed by atoms with E-state index < -0.39 is 0 Å². The van der Waals surface area contributed by atoms with Gasteiger partial charge in [-0.25, -0.2) is 4.39 Å². The fourth-order valence-electron chi connectivity index (χ4n) is 2.46. The minimum Gasteiger partial charge on any atom is -0.454 e. The number of ether oxygens (including phenoxy) is 2. The Morgan fingerprint density at radius 1 is 1.05 bits per heavy atom. The van der Waals surface area contributed by atoms with Crippen LogP contribution in [0.4, 0.5) is 4.39 Å². The van der Waals surface area contributed by atoms with Gasteiger partial charge in [-0.2, -0.15) is 0 Å². The van der Waals surface area contributed by atoms with Crippen molar-refractivity contribution in [1.82, 2.24) is 5.32 Å². The van der Waals surface area contributed by atoms with Crippen LogP contribution in [0.25, 0.3) is 0 Å². The molecule has 1 heterocycles. The molecular weight excluding hydrogens is 269 g/mol. The average Bonchev–Trinajstić information content (AvgIpc) is 2.97. The molecule has 0 fully saturated rings. The minimum absolute atomic E-state index is 0.0139. The van der Waals surface area contributed by atoms with Crippen molar-refractivity contribution in [3.05, 3.63) is 59.4 Å². The largest absolute Gasteiger partial charge is 0.454 e. The Morgan fingerprint density at radius 3 is 2.52 bits per heavy atom. The minimum atomic E-state index is -0.223. The van der Waals surface area contributed by atoms with Gasteiger partial charge in [-0.3, -0.25) is 0 Å². The van der Waals surface area contributed by atoms with E-state index in [1.165, 1.54) is 12.1 Å². The normalized spacial score (nSPS) is 14.2. The summed E-state index contributed by atoms with van der Waals surface area (Å²) in [4.78, 5) is 0. The van der Waals surface area contributed by atoms with E-state index in [1.807, 2.05) is 30.3 Å². The monoisotopic (exact) mass is 287 g/mol. The maximum Gasteiger partial charge on any atom is 0.231 e. The van der Waals surface area contributed by atoms with E-state index >= 15 is 0 Å². The zero-order valence-electron chi connectivity index (χ0n) is 11.9. The average molecular weight is 287 g/mol. The first-order valence-corrected chi connectivity index (χ1v) is 7.16. The molecule has 0 radical (unpaired) electrons. The fourth-order valence-corrected chi connectivity index (χ4v) is 2.46. The SMILES string of the molecule is CCCNC(c1ccc(F)cc1)c1ccc2c(c1)OCO2. The highest BCUT2D eigenvalue weighted by atomic mass is 19.1. The molecule has 1 aliphatic heterocycles. The second-order valence-corrected chi connectivity index (χ2v) is 5.05. The van der Waals surface area contributed by atoms with E-state index in [4.69, 9.17) is 9.47 Å². The van der Waals surface area contributed by atoms with Crippen LogP contribution in [-0.4, -0.2) is 13.3 Å². The van der Waals surface area contributed by atoms with Gasteiger partial charge in [0.15, 0.2) is 11.5 Å². The first-order chi connectivity index (χ1) is 10.3. The van der Waals surface area contributed by atoms with Crippen LogP contribution in [0.15, 0.2) is 42.5 Å². The molecule has 1 unspecified atom stereocenters. The maximum atomic E-state index is 13.1. The topological polar surface area (TPSA) is 30.5 Å². The predicted molar refractivity (Wildman–Crippen MR) is 79.1 cm³/mol. The van der Waals surface area contributed by atoms with Crippen molar-refractivity contribution >= 4 is 0 Å². The first kappa shape index (κ1) is 13.9. The number of halogens is 1. The van der Waals surface area contributed by atoms with Crippen molar-refractivity contribution in [2.75, 3.05) is 13.3 Å². The number of benzene rings is 2. The molecule has 110 valence electrons. The molecule has 1 atom stereocenters. The van der Waals surface area contributed by atoms with Gasteiger partial charge in [-0.15, -0.1) is 0 Å². The Morgan fingerprint density at radius 2 is 1.76 bits per heavy atom. The molecule has 0 saturated heterocycles. The molecular formula is C17H18FNO2. The third kappa shape index (κ3) is 3.00. The summed E-state index contributed by atoms with van der Waals surface area (Å²) in [5, 5.41) is 3.49. The van der Waals surface area contributed by atoms with Crippen LogP contribution in [0.1, 0.15) is 30.5 Å². The summed E-state index contributed by atoms with van der Waals surface area (Å²) in [6.07, 6.45) is 1.03. The van der Waals surface area contributed by atoms with E-state index in [0.717, 1.165) is 35.6 Å². The molecule has 21 heavy (non-hydrogen) atoms. The van der Waals surface area contributed by atoms with E-state index in [-0.39, 0.29) is 18.7 Å². The molecule has 0 spiro atoms. The molecule has 1 N–H and O–H groups in total. The molecule has 0 saturated carbocycles. The Bertz CT molecular complexity index is 613. The first-order valence-electron chi connectivity index (χ1n) is 7.16. The molecule has 4 heteroatoms. The van der Waals surface area contributed by atoms with Gasteiger partial charge in [0.25, 0.3) is 0 Å². The van der Waals surface area contributed by atoms with Crippen LogP contribution in [0.5, 0.6) is 11.5 Å². The summed E-state index contributed by atoms with van der Waals surface area (Å²) in [6, 6.07) is 12.5. The van der Waals surface area contributed by atoms with Gasteiger partial charge >= 0.3 is 0 Å². The lowest BCUT2D eigenvalue weighted by molar-refractivity contribution is 0.174. The molecule has 3 nitrogen and oxygen atoms in total. The molecule has 0 aliphatic carbocycles. The molecule has 3 rings (SSSR count). The predicted octanol–water partition coefficient (Wildman–Crippen LogP) is 3.64. The summed E-state index contributed by atoms with van der Waals surface area (Å²) in [7, 11) is 0. The van der Waals surface area contributed by atoms with Gasteiger partial charge in [0.1, 0.15) is 5.82 Å². The lowest BCUT2D eigenvalue weighted by atomic mass is 9.98. The van der Waals surface area contributed by atoms with Crippen molar-refractivity contribution in [3.8, 4) is 11.5 Å². The van der Waals surface area contributed by atoms with Crippen LogP contribution in [-0.2, 0) is 0 Å². The molecule has 2 aromatic rings. The Kier molecular flexibility index (Phi) is 4.06. The molecule has 0 bridgehead atoms. The van der Waals surface area contributed by atoms with Crippen molar-refractivity contribution < 1.29 is 13.9 Å². The third-order valence-electron chi connectivity index (χ3n) is 3.53. The lowest BCUT2D eigenvalue weighted by Gasteiger charge is -2.20. The fraction of sp³-hybridized carbons (Fsp3) is 0.294. The number of hydrogen-bond acceptors (Lipinski definition) is 3. The van der Waals surface area contributed by atoms with E-state index in [0.29, 0.717) is 0 Å². The van der Waals surface area contributed by atoms with E-state index in [1.54, 1.807) is 0 Å². The molecule has 1 aliphatic rings. The quantitative estimate of drug-likeness (QED) is 0.910. The van der Waals surface area contributed by atoms with Gasteiger partial charge < -0.3 is 14.8 Å². The molecule has 0 amide bonds. The third-order valence-corrected chi connectivity index (χ3v) is 3.53. The summed E-state index contributed by atoms with van der Waals surface area (Å²) in [6.45, 7) is 3.27. The zero-order valence-corrected chi connectivity index (χ0v) is 11.9. The van der Waals surface area contributed by atoms with Gasteiger partial charge in [-0.1, -0.05) is 25.1 Å². The van der Waals surface area contributed by atoms with E-state index in [2.05, 4.69) is 12.2 Å². The smallest absolute Gasteiger partial charge is 0.231 e. The second-order valence-electron chi connectivity index (χ2n) is 5.05. The van der Waals surface area contributed by atoms with Crippen molar-refractivity contribution in [2.45, 2.75) is 19.4 Å². The summed E-state index contributed by atoms with van der Waals surface area (Å²) in [5.41, 5.74) is 2.11. The Balaban J connectivity index is 1.93. The molecule has 2 aromatic carbocycles. The van der Waals surface area contributed by atoms with Crippen LogP contribution in [0, 0.1) is 5.82 Å². The lowest BCUT2D eigenvalue weighted by Crippen LogP contribution is -2.23. The number of nitrogens with one attached hydrogen (secondary N) is 1.